The van der Waals surface area contributed by atoms with Gasteiger partial charge in [-0.25, -0.2) is 9.59 Å². The number of alkyl carbamates (subject to hydrolysis) is 1. The van der Waals surface area contributed by atoms with Crippen LogP contribution in [-0.4, -0.2) is 58.9 Å². The Hall–Kier alpha value is -3.14. The summed E-state index contributed by atoms with van der Waals surface area (Å²) in [7, 11) is 0. The zero-order valence-corrected chi connectivity index (χ0v) is 21.6. The molecule has 3 amide bonds. The van der Waals surface area contributed by atoms with E-state index in [1.165, 1.54) is 0 Å². The summed E-state index contributed by atoms with van der Waals surface area (Å²) >= 11 is 0. The summed E-state index contributed by atoms with van der Waals surface area (Å²) in [6.45, 7) is 11.6. The number of rotatable bonds is 10. The van der Waals surface area contributed by atoms with Crippen LogP contribution in [-0.2, 0) is 23.9 Å². The monoisotopic (exact) mass is 493 g/mol. The van der Waals surface area contributed by atoms with E-state index in [1.807, 2.05) is 6.92 Å². The summed E-state index contributed by atoms with van der Waals surface area (Å²) in [5.41, 5.74) is -0.982. The van der Waals surface area contributed by atoms with Gasteiger partial charge in [0.1, 0.15) is 11.2 Å². The zero-order valence-electron chi connectivity index (χ0n) is 21.6. The minimum atomic E-state index is -1.61. The Kier molecular flexibility index (Phi) is 11.2. The molecule has 0 aliphatic rings. The number of ether oxygens (including phenoxy) is 2. The Balaban J connectivity index is 2.79. The molecule has 1 aromatic carbocycles. The van der Waals surface area contributed by atoms with Crippen LogP contribution in [0.15, 0.2) is 30.3 Å². The Morgan fingerprint density at radius 2 is 1.49 bits per heavy atom. The summed E-state index contributed by atoms with van der Waals surface area (Å²) in [6.07, 6.45) is -1.47. The Morgan fingerprint density at radius 1 is 0.914 bits per heavy atom. The minimum absolute atomic E-state index is 0.314. The first-order valence-electron chi connectivity index (χ1n) is 11.7. The van der Waals surface area contributed by atoms with Gasteiger partial charge in [-0.3, -0.25) is 9.59 Å². The van der Waals surface area contributed by atoms with E-state index in [1.54, 1.807) is 71.9 Å². The average Bonchev–Trinajstić information content (AvgIpc) is 2.73. The van der Waals surface area contributed by atoms with Crippen molar-refractivity contribution in [2.45, 2.75) is 90.7 Å². The van der Waals surface area contributed by atoms with Crippen LogP contribution in [0, 0.1) is 0 Å². The van der Waals surface area contributed by atoms with Gasteiger partial charge in [-0.15, -0.1) is 0 Å². The van der Waals surface area contributed by atoms with E-state index in [-0.39, 0.29) is 0 Å². The van der Waals surface area contributed by atoms with Crippen molar-refractivity contribution in [3.8, 4) is 0 Å². The summed E-state index contributed by atoms with van der Waals surface area (Å²) in [5.74, 6) is -2.14. The van der Waals surface area contributed by atoms with Crippen molar-refractivity contribution >= 4 is 23.9 Å². The van der Waals surface area contributed by atoms with Crippen LogP contribution in [0.3, 0.4) is 0 Å². The lowest BCUT2D eigenvalue weighted by molar-refractivity contribution is -0.158. The topological polar surface area (TPSA) is 143 Å². The van der Waals surface area contributed by atoms with Gasteiger partial charge in [0.25, 0.3) is 5.91 Å². The molecular weight excluding hydrogens is 454 g/mol. The Morgan fingerprint density at radius 3 is 2.00 bits per heavy atom. The second-order valence-electron chi connectivity index (χ2n) is 10.1. The molecular formula is C25H39N3O7. The Bertz CT molecular complexity index is 860. The fourth-order valence-corrected chi connectivity index (χ4v) is 3.03. The highest BCUT2D eigenvalue weighted by molar-refractivity contribution is 5.90. The molecule has 10 nitrogen and oxygen atoms in total. The van der Waals surface area contributed by atoms with Crippen LogP contribution in [0.1, 0.15) is 72.9 Å². The number of carbonyl (C=O) groups excluding carboxylic acids is 4. The molecule has 0 aromatic heterocycles. The number of esters is 1. The number of amides is 3. The van der Waals surface area contributed by atoms with Gasteiger partial charge in [0.15, 0.2) is 12.1 Å². The fraction of sp³-hybridized carbons (Fsp3) is 0.600. The van der Waals surface area contributed by atoms with Crippen molar-refractivity contribution in [3.63, 3.8) is 0 Å². The molecule has 0 radical (unpaired) electrons. The van der Waals surface area contributed by atoms with E-state index in [2.05, 4.69) is 16.0 Å². The SMILES string of the molecule is CCCC(NC(=O)OC(C)(C)C)C(O)C(=O)NCC(=O)N[C@H](C(=O)OC(C)(C)C)c1ccccc1. The van der Waals surface area contributed by atoms with E-state index in [0.717, 1.165) is 0 Å². The van der Waals surface area contributed by atoms with Gasteiger partial charge in [0, 0.05) is 0 Å². The van der Waals surface area contributed by atoms with Gasteiger partial charge in [-0.2, -0.15) is 0 Å². The lowest BCUT2D eigenvalue weighted by Crippen LogP contribution is -2.53. The van der Waals surface area contributed by atoms with Crippen molar-refractivity contribution in [1.82, 2.24) is 16.0 Å². The van der Waals surface area contributed by atoms with Crippen molar-refractivity contribution < 1.29 is 33.8 Å². The van der Waals surface area contributed by atoms with E-state index < -0.39 is 59.8 Å². The molecule has 0 heterocycles. The maximum atomic E-state index is 12.7. The molecule has 2 unspecified atom stereocenters. The van der Waals surface area contributed by atoms with Crippen LogP contribution in [0.2, 0.25) is 0 Å². The second kappa shape index (κ2) is 13.1. The molecule has 10 heteroatoms. The van der Waals surface area contributed by atoms with Crippen molar-refractivity contribution in [2.24, 2.45) is 0 Å². The molecule has 196 valence electrons. The van der Waals surface area contributed by atoms with E-state index >= 15 is 0 Å². The number of aliphatic hydroxyl groups is 1. The highest BCUT2D eigenvalue weighted by Crippen LogP contribution is 2.18. The van der Waals surface area contributed by atoms with Gasteiger partial charge in [0.2, 0.25) is 5.91 Å². The molecule has 0 aliphatic heterocycles. The van der Waals surface area contributed by atoms with Crippen molar-refractivity contribution in [3.05, 3.63) is 35.9 Å². The average molecular weight is 494 g/mol. The van der Waals surface area contributed by atoms with Gasteiger partial charge in [-0.1, -0.05) is 43.7 Å². The smallest absolute Gasteiger partial charge is 0.407 e. The highest BCUT2D eigenvalue weighted by atomic mass is 16.6. The first-order valence-corrected chi connectivity index (χ1v) is 11.7. The summed E-state index contributed by atoms with van der Waals surface area (Å²) in [5, 5.41) is 17.9. The van der Waals surface area contributed by atoms with Gasteiger partial charge in [-0.05, 0) is 53.5 Å². The number of nitrogens with one attached hydrogen (secondary N) is 3. The highest BCUT2D eigenvalue weighted by Gasteiger charge is 2.31. The quantitative estimate of drug-likeness (QED) is 0.366. The maximum Gasteiger partial charge on any atom is 0.407 e. The summed E-state index contributed by atoms with van der Waals surface area (Å²) < 4.78 is 10.6. The predicted molar refractivity (Wildman–Crippen MR) is 130 cm³/mol. The first kappa shape index (κ1) is 29.9. The predicted octanol–water partition coefficient (Wildman–Crippen LogP) is 2.36. The Labute approximate surface area is 207 Å². The third-order valence-corrected chi connectivity index (χ3v) is 4.46. The molecule has 0 bridgehead atoms. The maximum absolute atomic E-state index is 12.7. The van der Waals surface area contributed by atoms with E-state index in [0.29, 0.717) is 18.4 Å². The standard InChI is InChI=1S/C25H39N3O7/c1-8-12-17(27-23(33)35-25(5,6)7)20(30)21(31)26-15-18(29)28-19(16-13-10-9-11-14-16)22(32)34-24(2,3)4/h9-11,13-14,17,19-20,30H,8,12,15H2,1-7H3,(H,26,31)(H,27,33)(H,28,29)/t17?,19-,20?/m0/s1. The van der Waals surface area contributed by atoms with Gasteiger partial charge < -0.3 is 30.5 Å². The number of hydrogen-bond acceptors (Lipinski definition) is 7. The van der Waals surface area contributed by atoms with Crippen LogP contribution < -0.4 is 16.0 Å². The minimum Gasteiger partial charge on any atom is -0.458 e. The molecule has 3 atom stereocenters. The second-order valence-corrected chi connectivity index (χ2v) is 10.1. The van der Waals surface area contributed by atoms with E-state index in [4.69, 9.17) is 9.47 Å². The lowest BCUT2D eigenvalue weighted by atomic mass is 10.1. The molecule has 35 heavy (non-hydrogen) atoms. The summed E-state index contributed by atoms with van der Waals surface area (Å²) in [4.78, 5) is 49.8. The van der Waals surface area contributed by atoms with Gasteiger partial charge in [0.05, 0.1) is 12.6 Å². The molecule has 0 aliphatic carbocycles. The number of benzene rings is 1. The van der Waals surface area contributed by atoms with Crippen LogP contribution in [0.5, 0.6) is 0 Å². The molecule has 0 fully saturated rings. The first-order chi connectivity index (χ1) is 16.1. The van der Waals surface area contributed by atoms with Crippen LogP contribution >= 0.6 is 0 Å². The third-order valence-electron chi connectivity index (χ3n) is 4.46. The molecule has 1 aromatic rings. The third kappa shape index (κ3) is 11.7. The van der Waals surface area contributed by atoms with E-state index in [9.17, 15) is 24.3 Å². The largest absolute Gasteiger partial charge is 0.458 e. The molecule has 1 rings (SSSR count). The van der Waals surface area contributed by atoms with Crippen molar-refractivity contribution in [2.75, 3.05) is 6.54 Å². The number of hydrogen-bond donors (Lipinski definition) is 4. The fourth-order valence-electron chi connectivity index (χ4n) is 3.03. The normalized spacial score (nSPS) is 14.2. The van der Waals surface area contributed by atoms with Crippen molar-refractivity contribution in [1.29, 1.82) is 0 Å². The lowest BCUT2D eigenvalue weighted by Gasteiger charge is -2.26. The molecule has 4 N–H and O–H groups in total. The molecule has 0 saturated carbocycles. The number of aliphatic hydroxyl groups excluding tert-OH is 1. The number of carbonyl (C=O) groups is 4. The van der Waals surface area contributed by atoms with Crippen LogP contribution in [0.25, 0.3) is 0 Å². The zero-order chi connectivity index (χ0) is 26.8. The van der Waals surface area contributed by atoms with Gasteiger partial charge >= 0.3 is 12.1 Å². The molecule has 0 saturated heterocycles. The summed E-state index contributed by atoms with van der Waals surface area (Å²) in [6, 6.07) is 6.59. The van der Waals surface area contributed by atoms with Crippen LogP contribution in [0.4, 0.5) is 4.79 Å². The molecule has 0 spiro atoms.